The Kier molecular flexibility index (Phi) is 2.00. The van der Waals surface area contributed by atoms with Crippen molar-refractivity contribution in [2.45, 2.75) is 19.8 Å². The Morgan fingerprint density at radius 2 is 2.31 bits per heavy atom. The molecule has 2 rings (SSSR count). The molecule has 2 N–H and O–H groups in total. The Morgan fingerprint density at radius 3 is 2.92 bits per heavy atom. The van der Waals surface area contributed by atoms with Crippen molar-refractivity contribution < 1.29 is 0 Å². The summed E-state index contributed by atoms with van der Waals surface area (Å²) in [5.74, 6) is 1.29. The van der Waals surface area contributed by atoms with Gasteiger partial charge in [-0.1, -0.05) is 0 Å². The number of aromatic nitrogens is 1. The van der Waals surface area contributed by atoms with E-state index in [1.165, 1.54) is 12.8 Å². The molecule has 3 heteroatoms. The molecule has 13 heavy (non-hydrogen) atoms. The molecular formula is C10H13N3. The summed E-state index contributed by atoms with van der Waals surface area (Å²) in [6, 6.07) is 1.99. The Morgan fingerprint density at radius 1 is 1.54 bits per heavy atom. The maximum atomic E-state index is 5.78. The number of pyridine rings is 1. The molecule has 0 radical (unpaired) electrons. The van der Waals surface area contributed by atoms with Crippen molar-refractivity contribution in [1.29, 1.82) is 0 Å². The van der Waals surface area contributed by atoms with E-state index in [9.17, 15) is 0 Å². The first-order chi connectivity index (χ1) is 6.25. The normalized spacial score (nSPS) is 17.5. The van der Waals surface area contributed by atoms with Crippen LogP contribution in [0, 0.1) is 12.8 Å². The van der Waals surface area contributed by atoms with Crippen LogP contribution in [0.5, 0.6) is 0 Å². The number of hydrogen-bond donors (Lipinski definition) is 1. The van der Waals surface area contributed by atoms with Gasteiger partial charge in [-0.25, -0.2) is 4.99 Å². The lowest BCUT2D eigenvalue weighted by Crippen LogP contribution is -2.13. The molecule has 1 aromatic rings. The van der Waals surface area contributed by atoms with Gasteiger partial charge in [-0.2, -0.15) is 0 Å². The predicted molar refractivity (Wildman–Crippen MR) is 53.0 cm³/mol. The highest BCUT2D eigenvalue weighted by molar-refractivity contribution is 5.87. The summed E-state index contributed by atoms with van der Waals surface area (Å²) in [6.07, 6.45) is 5.93. The molecule has 1 saturated carbocycles. The lowest BCUT2D eigenvalue weighted by molar-refractivity contribution is 1.15. The number of nitrogens with zero attached hydrogens (tertiary/aromatic N) is 2. The molecule has 1 heterocycles. The standard InChI is InChI=1S/C10H13N3/c1-7-4-9(6-12-5-7)13-10(11)8-2-3-8/h4-6,8H,2-3H2,1H3,(H2,11,13). The molecule has 68 valence electrons. The number of hydrogen-bond acceptors (Lipinski definition) is 2. The Balaban J connectivity index is 2.20. The van der Waals surface area contributed by atoms with Crippen LogP contribution in [0.25, 0.3) is 0 Å². The molecule has 3 nitrogen and oxygen atoms in total. The molecule has 0 saturated heterocycles. The minimum Gasteiger partial charge on any atom is -0.387 e. The molecule has 1 fully saturated rings. The lowest BCUT2D eigenvalue weighted by Gasteiger charge is -1.98. The maximum absolute atomic E-state index is 5.78. The van der Waals surface area contributed by atoms with Crippen LogP contribution in [-0.4, -0.2) is 10.8 Å². The van der Waals surface area contributed by atoms with Crippen LogP contribution in [0.1, 0.15) is 18.4 Å². The second kappa shape index (κ2) is 3.17. The third-order valence-electron chi connectivity index (χ3n) is 2.11. The summed E-state index contributed by atoms with van der Waals surface area (Å²) in [4.78, 5) is 8.37. The zero-order valence-electron chi connectivity index (χ0n) is 7.70. The quantitative estimate of drug-likeness (QED) is 0.550. The maximum Gasteiger partial charge on any atom is 0.103 e. The van der Waals surface area contributed by atoms with Crippen LogP contribution in [0.15, 0.2) is 23.5 Å². The highest BCUT2D eigenvalue weighted by Gasteiger charge is 2.25. The molecule has 0 aliphatic heterocycles. The molecule has 0 atom stereocenters. The first-order valence-corrected chi connectivity index (χ1v) is 4.51. The molecule has 0 amide bonds. The van der Waals surface area contributed by atoms with E-state index in [4.69, 9.17) is 5.73 Å². The molecule has 0 unspecified atom stereocenters. The monoisotopic (exact) mass is 175 g/mol. The van der Waals surface area contributed by atoms with Gasteiger partial charge in [0.1, 0.15) is 5.84 Å². The van der Waals surface area contributed by atoms with Gasteiger partial charge in [0.25, 0.3) is 0 Å². The van der Waals surface area contributed by atoms with Gasteiger partial charge in [0, 0.05) is 12.1 Å². The van der Waals surface area contributed by atoms with Crippen molar-refractivity contribution in [3.63, 3.8) is 0 Å². The average molecular weight is 175 g/mol. The largest absolute Gasteiger partial charge is 0.387 e. The first kappa shape index (κ1) is 8.23. The van der Waals surface area contributed by atoms with E-state index in [1.807, 2.05) is 19.2 Å². The van der Waals surface area contributed by atoms with Crippen LogP contribution >= 0.6 is 0 Å². The Hall–Kier alpha value is -1.38. The molecule has 1 aliphatic carbocycles. The fraction of sp³-hybridized carbons (Fsp3) is 0.400. The molecule has 0 spiro atoms. The van der Waals surface area contributed by atoms with Crippen LogP contribution in [0.2, 0.25) is 0 Å². The van der Waals surface area contributed by atoms with Crippen LogP contribution in [0.4, 0.5) is 5.69 Å². The predicted octanol–water partition coefficient (Wildman–Crippen LogP) is 1.79. The average Bonchev–Trinajstić information content (AvgIpc) is 2.85. The zero-order chi connectivity index (χ0) is 9.26. The number of aliphatic imine (C=N–C) groups is 1. The summed E-state index contributed by atoms with van der Waals surface area (Å²) in [7, 11) is 0. The van der Waals surface area contributed by atoms with Gasteiger partial charge in [0.05, 0.1) is 11.9 Å². The van der Waals surface area contributed by atoms with Crippen molar-refractivity contribution in [1.82, 2.24) is 4.98 Å². The third-order valence-corrected chi connectivity index (χ3v) is 2.11. The fourth-order valence-electron chi connectivity index (χ4n) is 1.22. The smallest absolute Gasteiger partial charge is 0.103 e. The Bertz CT molecular complexity index is 340. The van der Waals surface area contributed by atoms with E-state index in [1.54, 1.807) is 6.20 Å². The SMILES string of the molecule is Cc1cncc(N=C(N)C2CC2)c1. The van der Waals surface area contributed by atoms with Crippen LogP contribution < -0.4 is 5.73 Å². The van der Waals surface area contributed by atoms with Gasteiger partial charge >= 0.3 is 0 Å². The summed E-state index contributed by atoms with van der Waals surface area (Å²) < 4.78 is 0. The summed E-state index contributed by atoms with van der Waals surface area (Å²) in [5.41, 5.74) is 7.76. The van der Waals surface area contributed by atoms with E-state index < -0.39 is 0 Å². The van der Waals surface area contributed by atoms with Gasteiger partial charge < -0.3 is 5.73 Å². The zero-order valence-corrected chi connectivity index (χ0v) is 7.70. The van der Waals surface area contributed by atoms with E-state index in [0.717, 1.165) is 17.1 Å². The lowest BCUT2D eigenvalue weighted by atomic mass is 10.3. The van der Waals surface area contributed by atoms with Gasteiger partial charge in [0.2, 0.25) is 0 Å². The summed E-state index contributed by atoms with van der Waals surface area (Å²) in [6.45, 7) is 2.00. The number of amidine groups is 1. The minimum atomic E-state index is 0.528. The first-order valence-electron chi connectivity index (χ1n) is 4.51. The number of nitrogens with two attached hydrogens (primary N) is 1. The van der Waals surface area contributed by atoms with Crippen molar-refractivity contribution in [2.75, 3.05) is 0 Å². The van der Waals surface area contributed by atoms with Crippen molar-refractivity contribution in [2.24, 2.45) is 16.6 Å². The summed E-state index contributed by atoms with van der Waals surface area (Å²) in [5, 5.41) is 0. The van der Waals surface area contributed by atoms with E-state index >= 15 is 0 Å². The molecule has 1 aromatic heterocycles. The summed E-state index contributed by atoms with van der Waals surface area (Å²) >= 11 is 0. The van der Waals surface area contributed by atoms with Gasteiger partial charge in [-0.3, -0.25) is 4.98 Å². The van der Waals surface area contributed by atoms with Gasteiger partial charge in [0.15, 0.2) is 0 Å². The van der Waals surface area contributed by atoms with Gasteiger partial charge in [-0.15, -0.1) is 0 Å². The van der Waals surface area contributed by atoms with Crippen molar-refractivity contribution >= 4 is 11.5 Å². The fourth-order valence-corrected chi connectivity index (χ4v) is 1.22. The molecular weight excluding hydrogens is 162 g/mol. The third kappa shape index (κ3) is 2.05. The van der Waals surface area contributed by atoms with Crippen molar-refractivity contribution in [3.05, 3.63) is 24.0 Å². The van der Waals surface area contributed by atoms with Gasteiger partial charge in [-0.05, 0) is 31.4 Å². The molecule has 0 bridgehead atoms. The highest BCUT2D eigenvalue weighted by Crippen LogP contribution is 2.30. The number of aryl methyl sites for hydroxylation is 1. The van der Waals surface area contributed by atoms with Crippen LogP contribution in [0.3, 0.4) is 0 Å². The molecule has 0 aromatic carbocycles. The second-order valence-electron chi connectivity index (χ2n) is 3.53. The van der Waals surface area contributed by atoms with E-state index in [0.29, 0.717) is 5.92 Å². The van der Waals surface area contributed by atoms with E-state index in [-0.39, 0.29) is 0 Å². The van der Waals surface area contributed by atoms with Crippen LogP contribution in [-0.2, 0) is 0 Å². The Labute approximate surface area is 77.7 Å². The molecule has 1 aliphatic rings. The minimum absolute atomic E-state index is 0.528. The highest BCUT2D eigenvalue weighted by atomic mass is 14.9. The second-order valence-corrected chi connectivity index (χ2v) is 3.53. The topological polar surface area (TPSA) is 51.3 Å². The number of rotatable bonds is 2. The van der Waals surface area contributed by atoms with Crippen molar-refractivity contribution in [3.8, 4) is 0 Å². The van der Waals surface area contributed by atoms with E-state index in [2.05, 4.69) is 9.98 Å².